The molecule has 3 aromatic rings. The van der Waals surface area contributed by atoms with Gasteiger partial charge >= 0.3 is 5.76 Å². The predicted octanol–water partition coefficient (Wildman–Crippen LogP) is 3.13. The van der Waals surface area contributed by atoms with Crippen LogP contribution in [0.4, 0.5) is 5.69 Å². The number of rotatable bonds is 8. The number of carbonyl (C=O) groups is 1. The summed E-state index contributed by atoms with van der Waals surface area (Å²) in [7, 11) is -2.54. The summed E-state index contributed by atoms with van der Waals surface area (Å²) in [6.45, 7) is 1.87. The van der Waals surface area contributed by atoms with Crippen LogP contribution in [-0.4, -0.2) is 36.9 Å². The van der Waals surface area contributed by atoms with Gasteiger partial charge in [-0.3, -0.25) is 9.36 Å². The first-order chi connectivity index (χ1) is 14.6. The standard InChI is InChI=1S/C20H22ClN3O5S2/c1-12-4-6-15(14(21)10-12)22-19(25)16(8-9-30-3)23-31(27,28)13-5-7-17-18(11-13)29-20(26)24(17)2/h4-7,10-11,16,23H,8-9H2,1-3H3,(H,22,25)/t16-/m1/s1. The van der Waals surface area contributed by atoms with E-state index in [4.69, 9.17) is 16.0 Å². The van der Waals surface area contributed by atoms with Crippen molar-refractivity contribution in [3.05, 3.63) is 57.5 Å². The normalized spacial score (nSPS) is 12.8. The molecular weight excluding hydrogens is 462 g/mol. The monoisotopic (exact) mass is 483 g/mol. The number of fused-ring (bicyclic) bond motifs is 1. The second-order valence-corrected chi connectivity index (χ2v) is 10.1. The number of hydrogen-bond donors (Lipinski definition) is 2. The summed E-state index contributed by atoms with van der Waals surface area (Å²) in [6.07, 6.45) is 2.14. The quantitative estimate of drug-likeness (QED) is 0.509. The number of thioether (sulfide) groups is 1. The number of nitrogens with zero attached hydrogens (tertiary/aromatic N) is 1. The Balaban J connectivity index is 1.86. The van der Waals surface area contributed by atoms with Crippen molar-refractivity contribution in [3.8, 4) is 0 Å². The molecule has 1 atom stereocenters. The lowest BCUT2D eigenvalue weighted by atomic mass is 10.2. The number of nitrogens with one attached hydrogen (secondary N) is 2. The maximum absolute atomic E-state index is 13.0. The highest BCUT2D eigenvalue weighted by Crippen LogP contribution is 2.24. The molecule has 0 saturated heterocycles. The average molecular weight is 484 g/mol. The minimum Gasteiger partial charge on any atom is -0.408 e. The summed E-state index contributed by atoms with van der Waals surface area (Å²) >= 11 is 7.68. The Morgan fingerprint density at radius 1 is 1.26 bits per heavy atom. The van der Waals surface area contributed by atoms with Crippen LogP contribution < -0.4 is 15.8 Å². The van der Waals surface area contributed by atoms with Crippen LogP contribution >= 0.6 is 23.4 Å². The molecule has 0 bridgehead atoms. The van der Waals surface area contributed by atoms with Crippen molar-refractivity contribution in [2.45, 2.75) is 24.3 Å². The molecule has 0 aliphatic heterocycles. The Morgan fingerprint density at radius 2 is 2.00 bits per heavy atom. The van der Waals surface area contributed by atoms with E-state index in [2.05, 4.69) is 10.0 Å². The topological polar surface area (TPSA) is 110 Å². The van der Waals surface area contributed by atoms with Gasteiger partial charge in [0.1, 0.15) is 6.04 Å². The van der Waals surface area contributed by atoms with Crippen molar-refractivity contribution in [1.82, 2.24) is 9.29 Å². The molecule has 1 amide bonds. The van der Waals surface area contributed by atoms with Gasteiger partial charge in [0, 0.05) is 13.1 Å². The Hall–Kier alpha value is -2.27. The zero-order valence-corrected chi connectivity index (χ0v) is 19.5. The number of anilines is 1. The van der Waals surface area contributed by atoms with E-state index >= 15 is 0 Å². The van der Waals surface area contributed by atoms with E-state index < -0.39 is 27.7 Å². The predicted molar refractivity (Wildman–Crippen MR) is 123 cm³/mol. The van der Waals surface area contributed by atoms with Crippen molar-refractivity contribution < 1.29 is 17.6 Å². The highest BCUT2D eigenvalue weighted by molar-refractivity contribution is 7.98. The van der Waals surface area contributed by atoms with Gasteiger partial charge < -0.3 is 9.73 Å². The van der Waals surface area contributed by atoms with E-state index in [1.54, 1.807) is 18.2 Å². The molecular formula is C20H22ClN3O5S2. The molecule has 166 valence electrons. The molecule has 0 spiro atoms. The smallest absolute Gasteiger partial charge is 0.408 e. The molecule has 0 unspecified atom stereocenters. The molecule has 0 aliphatic carbocycles. The molecule has 11 heteroatoms. The molecule has 0 saturated carbocycles. The van der Waals surface area contributed by atoms with Crippen LogP contribution in [0.2, 0.25) is 5.02 Å². The number of carbonyl (C=O) groups excluding carboxylic acids is 1. The third kappa shape index (κ3) is 5.32. The van der Waals surface area contributed by atoms with Crippen molar-refractivity contribution >= 4 is 56.1 Å². The number of oxazole rings is 1. The first-order valence-electron chi connectivity index (χ1n) is 9.30. The van der Waals surface area contributed by atoms with Gasteiger partial charge in [-0.15, -0.1) is 0 Å². The van der Waals surface area contributed by atoms with Gasteiger partial charge in [0.2, 0.25) is 15.9 Å². The summed E-state index contributed by atoms with van der Waals surface area (Å²) in [5.74, 6) is -0.546. The van der Waals surface area contributed by atoms with Crippen molar-refractivity contribution in [1.29, 1.82) is 0 Å². The van der Waals surface area contributed by atoms with Gasteiger partial charge in [-0.25, -0.2) is 13.2 Å². The van der Waals surface area contributed by atoms with E-state index in [1.165, 1.54) is 41.6 Å². The van der Waals surface area contributed by atoms with Crippen LogP contribution in [0.1, 0.15) is 12.0 Å². The first kappa shape index (κ1) is 23.4. The van der Waals surface area contributed by atoms with Crippen LogP contribution in [-0.2, 0) is 21.9 Å². The van der Waals surface area contributed by atoms with Gasteiger partial charge in [0.15, 0.2) is 5.58 Å². The Morgan fingerprint density at radius 3 is 2.68 bits per heavy atom. The maximum atomic E-state index is 13.0. The fraction of sp³-hybridized carbons (Fsp3) is 0.300. The molecule has 8 nitrogen and oxygen atoms in total. The number of hydrogen-bond acceptors (Lipinski definition) is 6. The van der Waals surface area contributed by atoms with Crippen molar-refractivity contribution in [3.63, 3.8) is 0 Å². The van der Waals surface area contributed by atoms with Crippen molar-refractivity contribution in [2.75, 3.05) is 17.3 Å². The molecule has 2 N–H and O–H groups in total. The number of aromatic nitrogens is 1. The summed E-state index contributed by atoms with van der Waals surface area (Å²) in [5, 5.41) is 3.06. The van der Waals surface area contributed by atoms with Gasteiger partial charge in [0.25, 0.3) is 0 Å². The molecule has 1 aromatic heterocycles. The number of sulfonamides is 1. The van der Waals surface area contributed by atoms with Crippen molar-refractivity contribution in [2.24, 2.45) is 7.05 Å². The Bertz CT molecular complexity index is 1280. The molecule has 0 radical (unpaired) electrons. The zero-order valence-electron chi connectivity index (χ0n) is 17.1. The van der Waals surface area contributed by atoms with Gasteiger partial charge in [-0.2, -0.15) is 16.5 Å². The zero-order chi connectivity index (χ0) is 22.8. The highest BCUT2D eigenvalue weighted by atomic mass is 35.5. The minimum atomic E-state index is -4.06. The average Bonchev–Trinajstić information content (AvgIpc) is 3.00. The molecule has 1 heterocycles. The van der Waals surface area contributed by atoms with Crippen LogP contribution in [0.5, 0.6) is 0 Å². The van der Waals surface area contributed by atoms with Crippen LogP contribution in [0.15, 0.2) is 50.5 Å². The Labute approximate surface area is 189 Å². The van der Waals surface area contributed by atoms with E-state index in [0.717, 1.165) is 5.56 Å². The summed E-state index contributed by atoms with van der Waals surface area (Å²) in [5.41, 5.74) is 1.95. The van der Waals surface area contributed by atoms with Crippen LogP contribution in [0.25, 0.3) is 11.1 Å². The molecule has 31 heavy (non-hydrogen) atoms. The number of amides is 1. The Kier molecular flexibility index (Phi) is 7.15. The maximum Gasteiger partial charge on any atom is 0.419 e. The van der Waals surface area contributed by atoms with Gasteiger partial charge in [-0.05, 0) is 55.2 Å². The number of benzene rings is 2. The van der Waals surface area contributed by atoms with E-state index in [9.17, 15) is 18.0 Å². The second kappa shape index (κ2) is 9.47. The lowest BCUT2D eigenvalue weighted by Crippen LogP contribution is -2.44. The fourth-order valence-corrected chi connectivity index (χ4v) is 4.96. The molecule has 0 aliphatic rings. The number of halogens is 1. The second-order valence-electron chi connectivity index (χ2n) is 6.98. The van der Waals surface area contributed by atoms with E-state index in [0.29, 0.717) is 22.0 Å². The third-order valence-electron chi connectivity index (χ3n) is 4.68. The lowest BCUT2D eigenvalue weighted by molar-refractivity contribution is -0.117. The van der Waals surface area contributed by atoms with E-state index in [1.807, 2.05) is 13.2 Å². The summed E-state index contributed by atoms with van der Waals surface area (Å²) in [6, 6.07) is 8.26. The minimum absolute atomic E-state index is 0.107. The van der Waals surface area contributed by atoms with Gasteiger partial charge in [0.05, 0.1) is 21.1 Å². The first-order valence-corrected chi connectivity index (χ1v) is 12.6. The molecule has 3 rings (SSSR count). The van der Waals surface area contributed by atoms with Crippen LogP contribution in [0.3, 0.4) is 0 Å². The molecule has 0 fully saturated rings. The number of aryl methyl sites for hydroxylation is 2. The highest BCUT2D eigenvalue weighted by Gasteiger charge is 2.26. The van der Waals surface area contributed by atoms with E-state index in [-0.39, 0.29) is 16.9 Å². The summed E-state index contributed by atoms with van der Waals surface area (Å²) < 4.78 is 34.7. The van der Waals surface area contributed by atoms with Gasteiger partial charge in [-0.1, -0.05) is 17.7 Å². The lowest BCUT2D eigenvalue weighted by Gasteiger charge is -2.19. The fourth-order valence-electron chi connectivity index (χ4n) is 2.96. The SMILES string of the molecule is CSCC[C@@H](NS(=O)(=O)c1ccc2c(c1)oc(=O)n2C)C(=O)Nc1ccc(C)cc1Cl. The van der Waals surface area contributed by atoms with Crippen LogP contribution in [0, 0.1) is 6.92 Å². The summed E-state index contributed by atoms with van der Waals surface area (Å²) in [4.78, 5) is 24.4. The third-order valence-corrected chi connectivity index (χ3v) is 7.11. The largest absolute Gasteiger partial charge is 0.419 e. The molecule has 2 aromatic carbocycles.